The van der Waals surface area contributed by atoms with E-state index in [4.69, 9.17) is 11.5 Å². The van der Waals surface area contributed by atoms with E-state index < -0.39 is 0 Å². The van der Waals surface area contributed by atoms with Crippen molar-refractivity contribution < 1.29 is 4.79 Å². The Morgan fingerprint density at radius 2 is 2.03 bits per heavy atom. The molecule has 162 valence electrons. The average molecular weight is 420 g/mol. The van der Waals surface area contributed by atoms with Gasteiger partial charge in [-0.2, -0.15) is 0 Å². The van der Waals surface area contributed by atoms with Crippen LogP contribution in [-0.4, -0.2) is 41.2 Å². The molecule has 1 saturated heterocycles. The minimum atomic E-state index is -0.333. The minimum absolute atomic E-state index is 0.0618. The quantitative estimate of drug-likeness (QED) is 0.548. The minimum Gasteiger partial charge on any atom is -0.404 e. The third-order valence-corrected chi connectivity index (χ3v) is 5.90. The summed E-state index contributed by atoms with van der Waals surface area (Å²) in [6, 6.07) is 8.40. The van der Waals surface area contributed by atoms with Gasteiger partial charge in [0.05, 0.1) is 24.0 Å². The Labute approximate surface area is 182 Å². The number of nitrogens with two attached hydrogens (primary N) is 2. The van der Waals surface area contributed by atoms with Gasteiger partial charge in [0.1, 0.15) is 0 Å². The first-order valence-electron chi connectivity index (χ1n) is 10.8. The molecule has 0 radical (unpaired) electrons. The number of benzene rings is 1. The third kappa shape index (κ3) is 4.91. The van der Waals surface area contributed by atoms with E-state index >= 15 is 0 Å². The van der Waals surface area contributed by atoms with Gasteiger partial charge < -0.3 is 22.1 Å². The number of aryl methyl sites for hydroxylation is 1. The van der Waals surface area contributed by atoms with Crippen LogP contribution >= 0.6 is 0 Å². The number of nitrogen functional groups attached to an aromatic ring is 1. The highest BCUT2D eigenvalue weighted by Crippen LogP contribution is 2.29. The second-order valence-corrected chi connectivity index (χ2v) is 7.99. The van der Waals surface area contributed by atoms with Crippen molar-refractivity contribution in [3.8, 4) is 0 Å². The Hall–Kier alpha value is -3.26. The summed E-state index contributed by atoms with van der Waals surface area (Å²) in [4.78, 5) is 26.3. The Bertz CT molecular complexity index is 995. The Morgan fingerprint density at radius 3 is 2.84 bits per heavy atom. The van der Waals surface area contributed by atoms with Gasteiger partial charge in [0.2, 0.25) is 0 Å². The molecule has 0 spiro atoms. The largest absolute Gasteiger partial charge is 0.404 e. The van der Waals surface area contributed by atoms with Gasteiger partial charge in [0.15, 0.2) is 11.5 Å². The molecule has 2 aliphatic rings. The molecular weight excluding hydrogens is 390 g/mol. The van der Waals surface area contributed by atoms with Gasteiger partial charge in [-0.05, 0) is 56.3 Å². The molecule has 1 aliphatic carbocycles. The predicted octanol–water partition coefficient (Wildman–Crippen LogP) is 1.99. The molecule has 4 rings (SSSR count). The van der Waals surface area contributed by atoms with Gasteiger partial charge in [-0.25, -0.2) is 9.97 Å². The molecule has 1 aromatic heterocycles. The second kappa shape index (κ2) is 9.70. The maximum atomic E-state index is 13.0. The van der Waals surface area contributed by atoms with E-state index in [2.05, 4.69) is 37.7 Å². The van der Waals surface area contributed by atoms with Crippen molar-refractivity contribution in [3.63, 3.8) is 0 Å². The van der Waals surface area contributed by atoms with Crippen molar-refractivity contribution in [1.29, 1.82) is 0 Å². The van der Waals surface area contributed by atoms with Crippen LogP contribution in [0.25, 0.3) is 5.57 Å². The molecule has 2 heterocycles. The number of amides is 1. The Balaban J connectivity index is 1.52. The number of carbonyl (C=O) groups excluding carboxylic acids is 1. The van der Waals surface area contributed by atoms with Crippen LogP contribution in [0.15, 0.2) is 41.7 Å². The summed E-state index contributed by atoms with van der Waals surface area (Å²) in [5.41, 5.74) is 15.4. The summed E-state index contributed by atoms with van der Waals surface area (Å²) in [6.07, 6.45) is 9.58. The molecule has 0 saturated carbocycles. The molecule has 8 heteroatoms. The van der Waals surface area contributed by atoms with Crippen molar-refractivity contribution >= 4 is 23.5 Å². The van der Waals surface area contributed by atoms with E-state index in [9.17, 15) is 4.79 Å². The van der Waals surface area contributed by atoms with Crippen molar-refractivity contribution in [2.75, 3.05) is 18.8 Å². The molecule has 1 unspecified atom stereocenters. The number of nitrogens with zero attached hydrogens (tertiary/aromatic N) is 3. The number of fused-ring (bicyclic) bond motifs is 1. The highest BCUT2D eigenvalue weighted by molar-refractivity contribution is 6.09. The third-order valence-electron chi connectivity index (χ3n) is 5.90. The summed E-state index contributed by atoms with van der Waals surface area (Å²) in [5, 5.41) is 6.41. The molecule has 1 atom stereocenters. The number of aromatic nitrogens is 2. The van der Waals surface area contributed by atoms with Crippen LogP contribution < -0.4 is 22.1 Å². The first-order valence-corrected chi connectivity index (χ1v) is 10.8. The zero-order valence-electron chi connectivity index (χ0n) is 17.6. The van der Waals surface area contributed by atoms with Crippen molar-refractivity contribution in [2.45, 2.75) is 44.2 Å². The van der Waals surface area contributed by atoms with Gasteiger partial charge in [-0.1, -0.05) is 24.3 Å². The topological polar surface area (TPSA) is 131 Å². The molecule has 1 aliphatic heterocycles. The van der Waals surface area contributed by atoms with Crippen molar-refractivity contribution in [1.82, 2.24) is 20.6 Å². The molecule has 1 aromatic carbocycles. The predicted molar refractivity (Wildman–Crippen MR) is 123 cm³/mol. The number of anilines is 1. The van der Waals surface area contributed by atoms with Crippen LogP contribution in [0.2, 0.25) is 0 Å². The Kier molecular flexibility index (Phi) is 6.57. The molecule has 2 aromatic rings. The second-order valence-electron chi connectivity index (χ2n) is 7.99. The molecule has 1 fully saturated rings. The molecule has 1 amide bonds. The summed E-state index contributed by atoms with van der Waals surface area (Å²) >= 11 is 0. The summed E-state index contributed by atoms with van der Waals surface area (Å²) < 4.78 is 0. The van der Waals surface area contributed by atoms with Crippen molar-refractivity contribution in [3.05, 3.63) is 59.2 Å². The van der Waals surface area contributed by atoms with E-state index in [1.54, 1.807) is 6.21 Å². The molecule has 8 nitrogen and oxygen atoms in total. The fourth-order valence-electron chi connectivity index (χ4n) is 4.17. The number of rotatable bonds is 5. The number of carbonyl (C=O) groups is 1. The number of hydrogen-bond donors (Lipinski definition) is 4. The monoisotopic (exact) mass is 419 g/mol. The van der Waals surface area contributed by atoms with Crippen LogP contribution in [-0.2, 0) is 6.42 Å². The van der Waals surface area contributed by atoms with Gasteiger partial charge in [0.25, 0.3) is 5.91 Å². The lowest BCUT2D eigenvalue weighted by atomic mass is 9.87. The fourth-order valence-corrected chi connectivity index (χ4v) is 4.17. The molecular formula is C23H29N7O. The Morgan fingerprint density at radius 1 is 1.23 bits per heavy atom. The summed E-state index contributed by atoms with van der Waals surface area (Å²) in [6.45, 7) is 1.92. The normalized spacial score (nSPS) is 19.9. The zero-order valence-corrected chi connectivity index (χ0v) is 17.6. The van der Waals surface area contributed by atoms with E-state index in [0.29, 0.717) is 11.3 Å². The number of allylic oxidation sites excluding steroid dienone is 1. The average Bonchev–Trinajstić information content (AvgIpc) is 2.81. The van der Waals surface area contributed by atoms with Crippen LogP contribution in [0.4, 0.5) is 5.82 Å². The van der Waals surface area contributed by atoms with Crippen LogP contribution in [0.3, 0.4) is 0 Å². The zero-order chi connectivity index (χ0) is 21.6. The van der Waals surface area contributed by atoms with Crippen LogP contribution in [0.5, 0.6) is 0 Å². The molecule has 31 heavy (non-hydrogen) atoms. The van der Waals surface area contributed by atoms with Gasteiger partial charge in [-0.3, -0.25) is 9.79 Å². The smallest absolute Gasteiger partial charge is 0.274 e. The van der Waals surface area contributed by atoms with Crippen molar-refractivity contribution in [2.24, 2.45) is 10.7 Å². The van der Waals surface area contributed by atoms with E-state index in [0.717, 1.165) is 50.8 Å². The number of nitrogens with one attached hydrogen (secondary N) is 2. The summed E-state index contributed by atoms with van der Waals surface area (Å²) in [5.74, 6) is -0.239. The van der Waals surface area contributed by atoms with E-state index in [1.807, 2.05) is 12.1 Å². The van der Waals surface area contributed by atoms with Gasteiger partial charge >= 0.3 is 0 Å². The SMILES string of the molecule is NC=C(C=NC1CCNCC1)c1cnc(N)c(C(=O)NC2CCCc3ccccc32)n1. The first-order chi connectivity index (χ1) is 15.2. The van der Waals surface area contributed by atoms with E-state index in [-0.39, 0.29) is 29.5 Å². The number of hydrogen-bond acceptors (Lipinski definition) is 7. The number of piperidine rings is 1. The lowest BCUT2D eigenvalue weighted by Crippen LogP contribution is -2.32. The van der Waals surface area contributed by atoms with Crippen LogP contribution in [0.1, 0.15) is 59.0 Å². The van der Waals surface area contributed by atoms with Crippen LogP contribution in [0, 0.1) is 0 Å². The first kappa shape index (κ1) is 21.0. The maximum absolute atomic E-state index is 13.0. The van der Waals surface area contributed by atoms with E-state index in [1.165, 1.54) is 18.0 Å². The van der Waals surface area contributed by atoms with Gasteiger partial charge in [-0.15, -0.1) is 0 Å². The lowest BCUT2D eigenvalue weighted by Gasteiger charge is -2.26. The molecule has 6 N–H and O–H groups in total. The highest BCUT2D eigenvalue weighted by atomic mass is 16.2. The summed E-state index contributed by atoms with van der Waals surface area (Å²) in [7, 11) is 0. The fraction of sp³-hybridized carbons (Fsp3) is 0.391. The molecule has 0 bridgehead atoms. The highest BCUT2D eigenvalue weighted by Gasteiger charge is 2.24. The van der Waals surface area contributed by atoms with Gasteiger partial charge in [0, 0.05) is 18.0 Å². The number of aliphatic imine (C=N–C) groups is 1. The lowest BCUT2D eigenvalue weighted by molar-refractivity contribution is 0.0928. The maximum Gasteiger partial charge on any atom is 0.274 e. The standard InChI is InChI=1S/C23H29N7O/c24-12-16(13-27-17-8-10-26-11-9-17)20-14-28-22(25)21(29-20)23(31)30-19-7-3-5-15-4-1-2-6-18(15)19/h1-2,4,6,12-14,17,19,26H,3,5,7-11,24H2,(H2,25,28)(H,30,31).